The molecule has 0 aliphatic heterocycles. The number of carbonyl (C=O) groups is 2. The zero-order valence-corrected chi connectivity index (χ0v) is 8.65. The molecule has 1 atom stereocenters. The van der Waals surface area contributed by atoms with Gasteiger partial charge in [0.15, 0.2) is 0 Å². The Kier molecular flexibility index (Phi) is 3.16. The van der Waals surface area contributed by atoms with Crippen LogP contribution in [0, 0.1) is 0 Å². The van der Waals surface area contributed by atoms with Crippen LogP contribution in [0.3, 0.4) is 0 Å². The van der Waals surface area contributed by atoms with E-state index in [0.717, 1.165) is 10.8 Å². The number of aromatic nitrogens is 1. The molecule has 8 heteroatoms. The lowest BCUT2D eigenvalue weighted by molar-refractivity contribution is -0.138. The molecule has 17 heavy (non-hydrogen) atoms. The number of hydrogen-bond donors (Lipinski definition) is 2. The molecule has 1 rings (SSSR count). The second-order valence-corrected chi connectivity index (χ2v) is 3.41. The number of rotatable bonds is 3. The number of hydrogen-bond acceptors (Lipinski definition) is 2. The van der Waals surface area contributed by atoms with Crippen molar-refractivity contribution in [2.24, 2.45) is 5.73 Å². The summed E-state index contributed by atoms with van der Waals surface area (Å²) in [5.41, 5.74) is 2.71. The van der Waals surface area contributed by atoms with Crippen molar-refractivity contribution in [3.8, 4) is 0 Å². The molecule has 1 unspecified atom stereocenters. The molecule has 0 aliphatic rings. The van der Waals surface area contributed by atoms with Crippen molar-refractivity contribution in [1.82, 2.24) is 4.57 Å². The predicted molar refractivity (Wildman–Crippen MR) is 50.3 cm³/mol. The number of halogens is 3. The van der Waals surface area contributed by atoms with Gasteiger partial charge in [-0.25, -0.2) is 4.79 Å². The number of aromatic carboxylic acids is 1. The van der Waals surface area contributed by atoms with E-state index in [1.165, 1.54) is 6.92 Å². The molecule has 1 aromatic rings. The van der Waals surface area contributed by atoms with Crippen LogP contribution >= 0.6 is 0 Å². The molecule has 1 aromatic heterocycles. The molecule has 5 nitrogen and oxygen atoms in total. The van der Waals surface area contributed by atoms with Crippen LogP contribution in [0.5, 0.6) is 0 Å². The molecular weight excluding hydrogens is 241 g/mol. The molecule has 0 saturated heterocycles. The van der Waals surface area contributed by atoms with Crippen molar-refractivity contribution in [3.05, 3.63) is 23.5 Å². The molecule has 0 saturated carbocycles. The van der Waals surface area contributed by atoms with Gasteiger partial charge in [0.25, 0.3) is 0 Å². The zero-order chi connectivity index (χ0) is 13.4. The van der Waals surface area contributed by atoms with Gasteiger partial charge in [-0.2, -0.15) is 13.2 Å². The highest BCUT2D eigenvalue weighted by atomic mass is 19.4. The van der Waals surface area contributed by atoms with Crippen molar-refractivity contribution >= 4 is 11.9 Å². The maximum Gasteiger partial charge on any atom is 0.418 e. The van der Waals surface area contributed by atoms with Gasteiger partial charge in [0, 0.05) is 12.4 Å². The maximum atomic E-state index is 12.5. The van der Waals surface area contributed by atoms with E-state index in [1.807, 2.05) is 0 Å². The number of carboxylic acids is 1. The van der Waals surface area contributed by atoms with Gasteiger partial charge < -0.3 is 15.4 Å². The quantitative estimate of drug-likeness (QED) is 0.846. The molecule has 0 aliphatic carbocycles. The van der Waals surface area contributed by atoms with Crippen LogP contribution in [0.2, 0.25) is 0 Å². The molecule has 0 aromatic carbocycles. The van der Waals surface area contributed by atoms with Crippen LogP contribution in [0.4, 0.5) is 13.2 Å². The first-order valence-corrected chi connectivity index (χ1v) is 4.46. The number of alkyl halides is 3. The number of carbonyl (C=O) groups excluding carboxylic acids is 1. The zero-order valence-electron chi connectivity index (χ0n) is 8.65. The summed E-state index contributed by atoms with van der Waals surface area (Å²) in [4.78, 5) is 21.5. The first-order chi connectivity index (χ1) is 7.64. The van der Waals surface area contributed by atoms with Gasteiger partial charge in [0.1, 0.15) is 6.04 Å². The summed E-state index contributed by atoms with van der Waals surface area (Å²) >= 11 is 0. The van der Waals surface area contributed by atoms with E-state index >= 15 is 0 Å². The van der Waals surface area contributed by atoms with E-state index in [-0.39, 0.29) is 0 Å². The van der Waals surface area contributed by atoms with E-state index in [2.05, 4.69) is 0 Å². The summed E-state index contributed by atoms with van der Waals surface area (Å²) in [7, 11) is 0. The molecule has 1 heterocycles. The molecule has 94 valence electrons. The van der Waals surface area contributed by atoms with E-state index in [9.17, 15) is 22.8 Å². The Morgan fingerprint density at radius 2 is 1.94 bits per heavy atom. The van der Waals surface area contributed by atoms with Crippen molar-refractivity contribution in [1.29, 1.82) is 0 Å². The van der Waals surface area contributed by atoms with Crippen LogP contribution in [0.1, 0.15) is 28.9 Å². The van der Waals surface area contributed by atoms with Gasteiger partial charge in [0.05, 0.1) is 11.1 Å². The van der Waals surface area contributed by atoms with Gasteiger partial charge in [-0.1, -0.05) is 0 Å². The van der Waals surface area contributed by atoms with E-state index in [4.69, 9.17) is 10.8 Å². The van der Waals surface area contributed by atoms with Crippen LogP contribution in [0.15, 0.2) is 12.4 Å². The normalized spacial score (nSPS) is 13.4. The summed E-state index contributed by atoms with van der Waals surface area (Å²) in [5.74, 6) is -2.57. The molecule has 0 radical (unpaired) electrons. The number of primary amides is 1. The van der Waals surface area contributed by atoms with Crippen molar-refractivity contribution in [2.75, 3.05) is 0 Å². The Morgan fingerprint density at radius 3 is 2.24 bits per heavy atom. The lowest BCUT2D eigenvalue weighted by Gasteiger charge is -2.08. The minimum Gasteiger partial charge on any atom is -0.478 e. The second-order valence-electron chi connectivity index (χ2n) is 3.41. The third-order valence-corrected chi connectivity index (χ3v) is 2.24. The van der Waals surface area contributed by atoms with Gasteiger partial charge in [0.2, 0.25) is 5.91 Å². The first-order valence-electron chi connectivity index (χ1n) is 4.46. The van der Waals surface area contributed by atoms with Gasteiger partial charge in [-0.3, -0.25) is 4.79 Å². The minimum atomic E-state index is -4.80. The van der Waals surface area contributed by atoms with Crippen LogP contribution in [0.25, 0.3) is 0 Å². The Bertz CT molecular complexity index is 465. The second kappa shape index (κ2) is 4.11. The van der Waals surface area contributed by atoms with Crippen molar-refractivity contribution in [2.45, 2.75) is 19.1 Å². The number of nitrogens with zero attached hydrogens (tertiary/aromatic N) is 1. The molecule has 1 amide bonds. The highest BCUT2D eigenvalue weighted by Gasteiger charge is 2.37. The Balaban J connectivity index is 3.32. The minimum absolute atomic E-state index is 0.554. The van der Waals surface area contributed by atoms with Crippen molar-refractivity contribution in [3.63, 3.8) is 0 Å². The van der Waals surface area contributed by atoms with Crippen LogP contribution in [-0.4, -0.2) is 21.6 Å². The molecule has 0 spiro atoms. The topological polar surface area (TPSA) is 85.3 Å². The highest BCUT2D eigenvalue weighted by Crippen LogP contribution is 2.33. The Morgan fingerprint density at radius 1 is 1.41 bits per heavy atom. The van der Waals surface area contributed by atoms with E-state index in [0.29, 0.717) is 6.20 Å². The van der Waals surface area contributed by atoms with Crippen LogP contribution < -0.4 is 5.73 Å². The average Bonchev–Trinajstić information content (AvgIpc) is 2.59. The fourth-order valence-electron chi connectivity index (χ4n) is 1.24. The summed E-state index contributed by atoms with van der Waals surface area (Å²) in [6.07, 6.45) is -3.50. The van der Waals surface area contributed by atoms with E-state index < -0.39 is 35.2 Å². The number of nitrogens with two attached hydrogens (primary N) is 1. The summed E-state index contributed by atoms with van der Waals surface area (Å²) in [5, 5.41) is 8.63. The van der Waals surface area contributed by atoms with E-state index in [1.54, 1.807) is 0 Å². The summed E-state index contributed by atoms with van der Waals surface area (Å²) < 4.78 is 38.3. The lowest BCUT2D eigenvalue weighted by Crippen LogP contribution is -2.23. The number of amides is 1. The third kappa shape index (κ3) is 2.58. The standard InChI is InChI=1S/C9H9F3N2O3/c1-4(7(13)15)14-2-5(8(16)17)6(3-14)9(10,11)12/h2-4H,1H3,(H2,13,15)(H,16,17). The molecule has 3 N–H and O–H groups in total. The van der Waals surface area contributed by atoms with Crippen LogP contribution in [-0.2, 0) is 11.0 Å². The van der Waals surface area contributed by atoms with Gasteiger partial charge >= 0.3 is 12.1 Å². The molecular formula is C9H9F3N2O3. The number of carboxylic acid groups (broad SMARTS) is 1. The predicted octanol–water partition coefficient (Wildman–Crippen LogP) is 1.25. The summed E-state index contributed by atoms with van der Waals surface area (Å²) in [6, 6.07) is -1.05. The monoisotopic (exact) mass is 250 g/mol. The fraction of sp³-hybridized carbons (Fsp3) is 0.333. The largest absolute Gasteiger partial charge is 0.478 e. The average molecular weight is 250 g/mol. The Labute approximate surface area is 93.6 Å². The third-order valence-electron chi connectivity index (χ3n) is 2.24. The Hall–Kier alpha value is -1.99. The lowest BCUT2D eigenvalue weighted by atomic mass is 10.2. The summed E-state index contributed by atoms with van der Waals surface area (Å²) in [6.45, 7) is 1.27. The van der Waals surface area contributed by atoms with Gasteiger partial charge in [-0.15, -0.1) is 0 Å². The first kappa shape index (κ1) is 13.1. The van der Waals surface area contributed by atoms with Gasteiger partial charge in [-0.05, 0) is 6.92 Å². The highest BCUT2D eigenvalue weighted by molar-refractivity contribution is 5.89. The smallest absolute Gasteiger partial charge is 0.418 e. The SMILES string of the molecule is CC(C(N)=O)n1cc(C(=O)O)c(C(F)(F)F)c1. The molecule has 0 fully saturated rings. The maximum absolute atomic E-state index is 12.5. The van der Waals surface area contributed by atoms with Crippen molar-refractivity contribution < 1.29 is 27.9 Å². The molecule has 0 bridgehead atoms. The fourth-order valence-corrected chi connectivity index (χ4v) is 1.24.